The number of hydrogen-bond acceptors (Lipinski definition) is 6. The molecule has 11 heteroatoms. The van der Waals surface area contributed by atoms with Crippen molar-refractivity contribution >= 4 is 24.2 Å². The van der Waals surface area contributed by atoms with E-state index in [9.17, 15) is 31.5 Å². The maximum atomic E-state index is 13.3. The number of fused-ring (bicyclic) bond motifs is 2. The van der Waals surface area contributed by atoms with Gasteiger partial charge in [-0.3, -0.25) is 4.79 Å². The predicted molar refractivity (Wildman–Crippen MR) is 112 cm³/mol. The number of ketones is 1. The van der Waals surface area contributed by atoms with E-state index >= 15 is 0 Å². The van der Waals surface area contributed by atoms with Crippen molar-refractivity contribution in [2.45, 2.75) is 63.4 Å². The van der Waals surface area contributed by atoms with Crippen LogP contribution in [0.4, 0.5) is 13.2 Å². The molecule has 0 aromatic rings. The first-order valence-corrected chi connectivity index (χ1v) is 14.4. The lowest BCUT2D eigenvalue weighted by molar-refractivity contribution is -0.123. The van der Waals surface area contributed by atoms with Crippen LogP contribution in [0.5, 0.6) is 0 Å². The van der Waals surface area contributed by atoms with Gasteiger partial charge in [-0.05, 0) is 36.4 Å². The Bertz CT molecular complexity index is 828. The van der Waals surface area contributed by atoms with Crippen LogP contribution in [0.1, 0.15) is 34.1 Å². The highest BCUT2D eigenvalue weighted by molar-refractivity contribution is 7.87. The lowest BCUT2D eigenvalue weighted by Crippen LogP contribution is -2.50. The molecule has 1 N–H and O–H groups in total. The van der Waals surface area contributed by atoms with Gasteiger partial charge in [-0.2, -0.15) is 21.6 Å². The summed E-state index contributed by atoms with van der Waals surface area (Å²) in [6, 6.07) is 2.33. The largest absolute Gasteiger partial charge is 0.534 e. The summed E-state index contributed by atoms with van der Waals surface area (Å²) in [5, 5.41) is 9.53. The number of Topliss-reactive ketones (excluding diaryl/α,β-unsaturated/α-hetero) is 1. The van der Waals surface area contributed by atoms with Crippen LogP contribution in [-0.2, 0) is 23.5 Å². The van der Waals surface area contributed by atoms with Gasteiger partial charge in [-0.1, -0.05) is 33.8 Å². The van der Waals surface area contributed by atoms with Gasteiger partial charge in [0.25, 0.3) is 0 Å². The SMILES string of the molecule is C=C[C@]1(O[Si](CC)(CC)CC)[C@@H]2/C(=C/OS(=O)(=O)C(F)(F)F)C(=O)[C@H]1[C@@H](CCO)[C@@H]2C. The Kier molecular flexibility index (Phi) is 7.56. The van der Waals surface area contributed by atoms with E-state index in [4.69, 9.17) is 4.43 Å². The number of halogens is 3. The van der Waals surface area contributed by atoms with E-state index in [-0.39, 0.29) is 24.0 Å². The van der Waals surface area contributed by atoms with Gasteiger partial charge in [0.1, 0.15) is 6.26 Å². The summed E-state index contributed by atoms with van der Waals surface area (Å²) in [5.41, 5.74) is -6.90. The zero-order valence-electron chi connectivity index (χ0n) is 18.2. The quantitative estimate of drug-likeness (QED) is 0.125. The van der Waals surface area contributed by atoms with Crippen LogP contribution in [-0.4, -0.2) is 45.3 Å². The standard InChI is InChI=1S/C20H31F3O6SSi/c1-6-19(29-31(7-2,8-3)9-4)16-13(5)14(10-11-24)17(19)18(25)15(16)12-28-30(26,27)20(21,22)23/h6,12-14,16-17,24H,1,7-11H2,2-5H3/b15-12-/t13-,14-,16-,17+,19-/m0/s1. The maximum absolute atomic E-state index is 13.3. The average Bonchev–Trinajstić information content (AvgIpc) is 3.08. The fourth-order valence-corrected chi connectivity index (χ4v) is 8.75. The molecule has 2 rings (SSSR count). The van der Waals surface area contributed by atoms with Gasteiger partial charge in [-0.25, -0.2) is 0 Å². The van der Waals surface area contributed by atoms with Crippen molar-refractivity contribution in [1.29, 1.82) is 0 Å². The van der Waals surface area contributed by atoms with Crippen LogP contribution in [0.3, 0.4) is 0 Å². The first-order valence-electron chi connectivity index (χ1n) is 10.5. The van der Waals surface area contributed by atoms with Gasteiger partial charge in [0.2, 0.25) is 0 Å². The monoisotopic (exact) mass is 484 g/mol. The molecule has 5 atom stereocenters. The molecule has 2 aliphatic rings. The van der Waals surface area contributed by atoms with Crippen LogP contribution in [0.15, 0.2) is 24.5 Å². The highest BCUT2D eigenvalue weighted by Crippen LogP contribution is 2.63. The Morgan fingerprint density at radius 2 is 1.74 bits per heavy atom. The number of alkyl halides is 3. The average molecular weight is 485 g/mol. The van der Waals surface area contributed by atoms with E-state index in [2.05, 4.69) is 10.8 Å². The molecule has 2 bridgehead atoms. The highest BCUT2D eigenvalue weighted by Gasteiger charge is 2.69. The number of hydrogen-bond donors (Lipinski definition) is 1. The van der Waals surface area contributed by atoms with Crippen LogP contribution >= 0.6 is 0 Å². The van der Waals surface area contributed by atoms with Crippen LogP contribution in [0.25, 0.3) is 0 Å². The van der Waals surface area contributed by atoms with Crippen molar-refractivity contribution in [3.05, 3.63) is 24.5 Å². The number of aliphatic hydroxyl groups excluding tert-OH is 1. The maximum Gasteiger partial charge on any atom is 0.534 e. The van der Waals surface area contributed by atoms with Crippen molar-refractivity contribution in [1.82, 2.24) is 0 Å². The smallest absolute Gasteiger partial charge is 0.407 e. The lowest BCUT2D eigenvalue weighted by atomic mass is 9.76. The van der Waals surface area contributed by atoms with Crippen molar-refractivity contribution in [2.24, 2.45) is 23.7 Å². The molecular formula is C20H31F3O6SSi. The minimum absolute atomic E-state index is 0.134. The Hall–Kier alpha value is -1.17. The third kappa shape index (κ3) is 4.14. The Morgan fingerprint density at radius 3 is 2.16 bits per heavy atom. The van der Waals surface area contributed by atoms with E-state index < -0.39 is 47.2 Å². The molecule has 2 saturated carbocycles. The van der Waals surface area contributed by atoms with Crippen molar-refractivity contribution < 1.29 is 40.1 Å². The zero-order valence-corrected chi connectivity index (χ0v) is 20.1. The zero-order chi connectivity index (χ0) is 23.8. The number of rotatable bonds is 10. The minimum Gasteiger partial charge on any atom is -0.407 e. The van der Waals surface area contributed by atoms with Crippen LogP contribution in [0, 0.1) is 23.7 Å². The van der Waals surface area contributed by atoms with E-state index in [0.29, 0.717) is 12.7 Å². The molecule has 0 radical (unpaired) electrons. The van der Waals surface area contributed by atoms with Gasteiger partial charge in [0, 0.05) is 18.1 Å². The van der Waals surface area contributed by atoms with Gasteiger partial charge in [0.15, 0.2) is 14.1 Å². The third-order valence-corrected chi connectivity index (χ3v) is 12.8. The summed E-state index contributed by atoms with van der Waals surface area (Å²) >= 11 is 0. The third-order valence-electron chi connectivity index (χ3n) is 7.20. The number of aliphatic hydroxyl groups is 1. The number of carbonyl (C=O) groups excluding carboxylic acids is 1. The normalized spacial score (nSPS) is 32.6. The second kappa shape index (κ2) is 8.99. The summed E-state index contributed by atoms with van der Waals surface area (Å²) in [6.45, 7) is 11.6. The predicted octanol–water partition coefficient (Wildman–Crippen LogP) is 4.15. The Balaban J connectivity index is 2.60. The summed E-state index contributed by atoms with van der Waals surface area (Å²) < 4.78 is 71.8. The van der Waals surface area contributed by atoms with Gasteiger partial charge >= 0.3 is 15.6 Å². The molecular weight excluding hydrogens is 453 g/mol. The van der Waals surface area contributed by atoms with E-state index in [1.165, 1.54) is 0 Å². The van der Waals surface area contributed by atoms with Gasteiger partial charge in [-0.15, -0.1) is 6.58 Å². The molecule has 0 heterocycles. The summed E-state index contributed by atoms with van der Waals surface area (Å²) in [5.74, 6) is -2.51. The highest BCUT2D eigenvalue weighted by atomic mass is 32.2. The lowest BCUT2D eigenvalue weighted by Gasteiger charge is -2.41. The molecule has 6 nitrogen and oxygen atoms in total. The molecule has 31 heavy (non-hydrogen) atoms. The molecule has 2 fully saturated rings. The van der Waals surface area contributed by atoms with Gasteiger partial charge < -0.3 is 13.7 Å². The molecule has 178 valence electrons. The van der Waals surface area contributed by atoms with Crippen LogP contribution < -0.4 is 0 Å². The van der Waals surface area contributed by atoms with E-state index in [0.717, 1.165) is 18.1 Å². The first-order chi connectivity index (χ1) is 14.3. The topological polar surface area (TPSA) is 89.9 Å². The second-order valence-corrected chi connectivity index (χ2v) is 14.6. The molecule has 0 amide bonds. The molecule has 0 aliphatic heterocycles. The van der Waals surface area contributed by atoms with E-state index in [1.54, 1.807) is 6.08 Å². The summed E-state index contributed by atoms with van der Waals surface area (Å²) in [4.78, 5) is 13.3. The van der Waals surface area contributed by atoms with Crippen LogP contribution in [0.2, 0.25) is 18.1 Å². The Labute approximate surface area is 182 Å². The second-order valence-electron chi connectivity index (χ2n) is 8.33. The molecule has 0 spiro atoms. The first kappa shape index (κ1) is 26.1. The molecule has 0 unspecified atom stereocenters. The van der Waals surface area contributed by atoms with E-state index in [1.807, 2.05) is 27.7 Å². The van der Waals surface area contributed by atoms with Crippen molar-refractivity contribution in [3.8, 4) is 0 Å². The van der Waals surface area contributed by atoms with Crippen molar-refractivity contribution in [2.75, 3.05) is 6.61 Å². The van der Waals surface area contributed by atoms with Gasteiger partial charge in [0.05, 0.1) is 11.5 Å². The minimum atomic E-state index is -5.89. The fraction of sp³-hybridized carbons (Fsp3) is 0.750. The molecule has 0 aromatic heterocycles. The fourth-order valence-electron chi connectivity index (χ4n) is 5.39. The molecule has 2 aliphatic carbocycles. The Morgan fingerprint density at radius 1 is 1.19 bits per heavy atom. The van der Waals surface area contributed by atoms with Crippen molar-refractivity contribution in [3.63, 3.8) is 0 Å². The summed E-state index contributed by atoms with van der Waals surface area (Å²) in [7, 11) is -8.19. The summed E-state index contributed by atoms with van der Waals surface area (Å²) in [6.07, 6.45) is 2.30. The molecule has 0 saturated heterocycles. The molecule has 0 aromatic carbocycles. The number of carbonyl (C=O) groups is 1.